The molecule has 0 saturated heterocycles. The van der Waals surface area contributed by atoms with Crippen molar-refractivity contribution in [3.8, 4) is 0 Å². The first-order valence-corrected chi connectivity index (χ1v) is 7.19. The summed E-state index contributed by atoms with van der Waals surface area (Å²) in [6.45, 7) is 4.37. The Morgan fingerprint density at radius 1 is 1.25 bits per heavy atom. The number of hydrogen-bond acceptors (Lipinski definition) is 5. The number of rotatable bonds is 8. The lowest BCUT2D eigenvalue weighted by Crippen LogP contribution is -2.15. The first-order chi connectivity index (χ1) is 7.43. The van der Waals surface area contributed by atoms with Crippen LogP contribution in [0.4, 0.5) is 0 Å². The van der Waals surface area contributed by atoms with Crippen molar-refractivity contribution in [2.45, 2.75) is 51.2 Å². The second-order valence-corrected chi connectivity index (χ2v) is 5.52. The normalized spacial score (nSPS) is 13.2. The van der Waals surface area contributed by atoms with E-state index in [1.54, 1.807) is 0 Å². The minimum Gasteiger partial charge on any atom is -0.394 e. The summed E-state index contributed by atoms with van der Waals surface area (Å²) in [6, 6.07) is 0. The van der Waals surface area contributed by atoms with Gasteiger partial charge in [0.2, 0.25) is 0 Å². The predicted octanol–water partition coefficient (Wildman–Crippen LogP) is 2.65. The lowest BCUT2D eigenvalue weighted by Gasteiger charge is -2.10. The Labute approximate surface area is 104 Å². The molecule has 0 saturated carbocycles. The Kier molecular flexibility index (Phi) is 9.32. The molecule has 16 heavy (non-hydrogen) atoms. The Hall–Kier alpha value is 0.170. The highest BCUT2D eigenvalue weighted by atomic mass is 32.1. The van der Waals surface area contributed by atoms with Crippen LogP contribution in [-0.4, -0.2) is 21.0 Å². The minimum absolute atomic E-state index is 0.552. The predicted molar refractivity (Wildman–Crippen MR) is 68.1 cm³/mol. The molecule has 0 aromatic rings. The first-order valence-electron chi connectivity index (χ1n) is 5.51. The first kappa shape index (κ1) is 16.2. The second kappa shape index (κ2) is 9.23. The third kappa shape index (κ3) is 9.40. The summed E-state index contributed by atoms with van der Waals surface area (Å²) in [5.74, 6) is 0.0624. The van der Waals surface area contributed by atoms with E-state index in [4.69, 9.17) is 9.79 Å². The van der Waals surface area contributed by atoms with Gasteiger partial charge in [0.25, 0.3) is 0 Å². The molecule has 0 aliphatic rings. The summed E-state index contributed by atoms with van der Waals surface area (Å²) in [5.41, 5.74) is 0. The molecule has 0 aliphatic carbocycles. The monoisotopic (exact) mass is 268 g/mol. The lowest BCUT2D eigenvalue weighted by molar-refractivity contribution is -0.134. The Morgan fingerprint density at radius 2 is 1.81 bits per heavy atom. The van der Waals surface area contributed by atoms with Crippen molar-refractivity contribution in [3.05, 3.63) is 0 Å². The van der Waals surface area contributed by atoms with E-state index in [0.717, 1.165) is 19.3 Å². The summed E-state index contributed by atoms with van der Waals surface area (Å²) in [7, 11) is -2.60. The highest BCUT2D eigenvalue weighted by Gasteiger charge is 2.18. The summed E-state index contributed by atoms with van der Waals surface area (Å²) in [6.07, 6.45) is 4.93. The SMILES string of the molecule is CC(C)CCCCCC(S)C(=O)OP(O)O. The van der Waals surface area contributed by atoms with Gasteiger partial charge < -0.3 is 14.3 Å². The molecule has 0 amide bonds. The molecule has 2 N–H and O–H groups in total. The van der Waals surface area contributed by atoms with Gasteiger partial charge in [-0.1, -0.05) is 39.5 Å². The number of carbonyl (C=O) groups is 1. The molecule has 0 heterocycles. The molecule has 0 aromatic carbocycles. The molecule has 0 rings (SSSR count). The van der Waals surface area contributed by atoms with Crippen molar-refractivity contribution in [2.75, 3.05) is 0 Å². The van der Waals surface area contributed by atoms with Gasteiger partial charge in [-0.05, 0) is 12.3 Å². The van der Waals surface area contributed by atoms with Gasteiger partial charge in [0.05, 0.1) is 5.25 Å². The molecule has 1 atom stereocenters. The number of unbranched alkanes of at least 4 members (excludes halogenated alkanes) is 2. The molecule has 1 unspecified atom stereocenters. The zero-order valence-electron chi connectivity index (χ0n) is 9.80. The maximum atomic E-state index is 11.1. The van der Waals surface area contributed by atoms with Crippen LogP contribution in [0.3, 0.4) is 0 Å². The third-order valence-electron chi connectivity index (χ3n) is 2.20. The van der Waals surface area contributed by atoms with E-state index in [1.165, 1.54) is 6.42 Å². The lowest BCUT2D eigenvalue weighted by atomic mass is 10.0. The minimum atomic E-state index is -2.60. The molecule has 0 aliphatic heterocycles. The third-order valence-corrected chi connectivity index (χ3v) is 3.01. The van der Waals surface area contributed by atoms with E-state index in [2.05, 4.69) is 31.0 Å². The van der Waals surface area contributed by atoms with Crippen LogP contribution in [0.5, 0.6) is 0 Å². The van der Waals surface area contributed by atoms with Crippen LogP contribution in [-0.2, 0) is 9.32 Å². The number of hydrogen-bond donors (Lipinski definition) is 3. The van der Waals surface area contributed by atoms with Gasteiger partial charge in [0, 0.05) is 0 Å². The average Bonchev–Trinajstić information content (AvgIpc) is 2.15. The van der Waals surface area contributed by atoms with E-state index in [9.17, 15) is 4.79 Å². The van der Waals surface area contributed by atoms with Crippen LogP contribution in [0.1, 0.15) is 46.0 Å². The van der Waals surface area contributed by atoms with Crippen molar-refractivity contribution < 1.29 is 19.1 Å². The van der Waals surface area contributed by atoms with Crippen molar-refractivity contribution in [1.29, 1.82) is 0 Å². The van der Waals surface area contributed by atoms with Gasteiger partial charge >= 0.3 is 14.6 Å². The number of thiol groups is 1. The molecular formula is C10H21O4PS. The zero-order chi connectivity index (χ0) is 12.6. The fourth-order valence-electron chi connectivity index (χ4n) is 1.33. The van der Waals surface area contributed by atoms with Crippen LogP contribution >= 0.6 is 21.2 Å². The summed E-state index contributed by atoms with van der Waals surface area (Å²) in [5, 5.41) is -0.552. The van der Waals surface area contributed by atoms with Crippen LogP contribution in [0.25, 0.3) is 0 Å². The quantitative estimate of drug-likeness (QED) is 0.360. The summed E-state index contributed by atoms with van der Waals surface area (Å²) in [4.78, 5) is 28.1. The van der Waals surface area contributed by atoms with Gasteiger partial charge in [-0.2, -0.15) is 12.6 Å². The largest absolute Gasteiger partial charge is 0.394 e. The molecule has 6 heteroatoms. The molecule has 96 valence electrons. The Morgan fingerprint density at radius 3 is 2.31 bits per heavy atom. The van der Waals surface area contributed by atoms with Crippen LogP contribution < -0.4 is 0 Å². The standard InChI is InChI=1S/C10H21O4PS/c1-8(2)6-4-3-5-7-9(16)10(11)14-15(12)13/h8-9,12-13,16H,3-7H2,1-2H3. The molecule has 0 bridgehead atoms. The molecule has 0 aromatic heterocycles. The van der Waals surface area contributed by atoms with Crippen molar-refractivity contribution in [1.82, 2.24) is 0 Å². The summed E-state index contributed by atoms with van der Waals surface area (Å²) >= 11 is 4.06. The van der Waals surface area contributed by atoms with Crippen molar-refractivity contribution in [2.24, 2.45) is 5.92 Å². The zero-order valence-corrected chi connectivity index (χ0v) is 11.6. The van der Waals surface area contributed by atoms with E-state index in [0.29, 0.717) is 12.3 Å². The van der Waals surface area contributed by atoms with Crippen molar-refractivity contribution in [3.63, 3.8) is 0 Å². The van der Waals surface area contributed by atoms with Gasteiger partial charge in [-0.15, -0.1) is 0 Å². The van der Waals surface area contributed by atoms with Crippen molar-refractivity contribution >= 4 is 27.2 Å². The Bertz CT molecular complexity index is 199. The average molecular weight is 268 g/mol. The van der Waals surface area contributed by atoms with E-state index in [1.807, 2.05) is 0 Å². The molecule has 4 nitrogen and oxygen atoms in total. The van der Waals surface area contributed by atoms with Gasteiger partial charge in [0.1, 0.15) is 0 Å². The smallest absolute Gasteiger partial charge is 0.393 e. The molecular weight excluding hydrogens is 247 g/mol. The van der Waals surface area contributed by atoms with Crippen LogP contribution in [0.2, 0.25) is 0 Å². The topological polar surface area (TPSA) is 66.8 Å². The van der Waals surface area contributed by atoms with Crippen LogP contribution in [0, 0.1) is 5.92 Å². The fourth-order valence-corrected chi connectivity index (χ4v) is 1.93. The van der Waals surface area contributed by atoms with Gasteiger partial charge in [-0.25, -0.2) is 0 Å². The molecule has 0 fully saturated rings. The highest BCUT2D eigenvalue weighted by molar-refractivity contribution is 7.81. The number of carbonyl (C=O) groups excluding carboxylic acids is 1. The maximum Gasteiger partial charge on any atom is 0.393 e. The van der Waals surface area contributed by atoms with E-state index >= 15 is 0 Å². The summed E-state index contributed by atoms with van der Waals surface area (Å²) < 4.78 is 4.27. The maximum absolute atomic E-state index is 11.1. The van der Waals surface area contributed by atoms with Gasteiger partial charge in [-0.3, -0.25) is 4.79 Å². The van der Waals surface area contributed by atoms with E-state index in [-0.39, 0.29) is 0 Å². The van der Waals surface area contributed by atoms with E-state index < -0.39 is 19.8 Å². The van der Waals surface area contributed by atoms with Crippen LogP contribution in [0.15, 0.2) is 0 Å². The Balaban J connectivity index is 3.49. The van der Waals surface area contributed by atoms with Gasteiger partial charge in [0.15, 0.2) is 0 Å². The fraction of sp³-hybridized carbons (Fsp3) is 0.900. The molecule has 0 radical (unpaired) electrons. The molecule has 0 spiro atoms. The highest BCUT2D eigenvalue weighted by Crippen LogP contribution is 2.26. The second-order valence-electron chi connectivity index (χ2n) is 4.21.